The second-order valence-corrected chi connectivity index (χ2v) is 7.02. The maximum absolute atomic E-state index is 12.5. The van der Waals surface area contributed by atoms with E-state index in [1.807, 2.05) is 13.8 Å². The molecule has 3 rings (SSSR count). The normalized spacial score (nSPS) is 19.7. The van der Waals surface area contributed by atoms with Gasteiger partial charge in [0.15, 0.2) is 0 Å². The number of rotatable bonds is 5. The van der Waals surface area contributed by atoms with E-state index < -0.39 is 0 Å². The van der Waals surface area contributed by atoms with Gasteiger partial charge in [-0.1, -0.05) is 12.8 Å². The number of hydrogen-bond donors (Lipinski definition) is 1. The van der Waals surface area contributed by atoms with Crippen molar-refractivity contribution in [3.8, 4) is 0 Å². The molecule has 6 heteroatoms. The number of piperazine rings is 1. The lowest BCUT2D eigenvalue weighted by atomic mass is 10.1. The van der Waals surface area contributed by atoms with E-state index in [4.69, 9.17) is 0 Å². The third kappa shape index (κ3) is 4.23. The van der Waals surface area contributed by atoms with Crippen molar-refractivity contribution in [1.82, 2.24) is 19.8 Å². The minimum atomic E-state index is 0.307. The molecule has 2 aliphatic rings. The van der Waals surface area contributed by atoms with Crippen LogP contribution in [-0.4, -0.2) is 64.9 Å². The van der Waals surface area contributed by atoms with E-state index in [1.165, 1.54) is 12.8 Å². The average Bonchev–Trinajstić information content (AvgIpc) is 3.12. The topological polar surface area (TPSA) is 61.4 Å². The highest BCUT2D eigenvalue weighted by atomic mass is 16.2. The van der Waals surface area contributed by atoms with Crippen LogP contribution in [0.4, 0.5) is 5.82 Å². The molecule has 0 spiro atoms. The third-order valence-electron chi connectivity index (χ3n) is 5.18. The van der Waals surface area contributed by atoms with Gasteiger partial charge in [-0.05, 0) is 26.7 Å². The molecule has 1 aromatic heterocycles. The first-order valence-electron chi connectivity index (χ1n) is 9.19. The molecule has 1 saturated carbocycles. The van der Waals surface area contributed by atoms with E-state index in [-0.39, 0.29) is 0 Å². The van der Waals surface area contributed by atoms with Gasteiger partial charge in [0, 0.05) is 51.4 Å². The number of nitrogens with zero attached hydrogens (tertiary/aromatic N) is 4. The molecule has 2 heterocycles. The zero-order valence-corrected chi connectivity index (χ0v) is 14.9. The number of amides is 1. The zero-order chi connectivity index (χ0) is 16.9. The summed E-state index contributed by atoms with van der Waals surface area (Å²) >= 11 is 0. The Bertz CT molecular complexity index is 563. The van der Waals surface area contributed by atoms with Gasteiger partial charge in [-0.25, -0.2) is 4.98 Å². The molecule has 1 N–H and O–H groups in total. The molecule has 0 unspecified atom stereocenters. The third-order valence-corrected chi connectivity index (χ3v) is 5.18. The van der Waals surface area contributed by atoms with Crippen molar-refractivity contribution in [3.63, 3.8) is 0 Å². The predicted octanol–water partition coefficient (Wildman–Crippen LogP) is 1.84. The number of nitrogens with one attached hydrogen (secondary N) is 1. The molecule has 1 saturated heterocycles. The van der Waals surface area contributed by atoms with Crippen LogP contribution in [0.5, 0.6) is 0 Å². The van der Waals surface area contributed by atoms with Crippen LogP contribution in [0.15, 0.2) is 6.20 Å². The molecule has 0 bridgehead atoms. The highest BCUT2D eigenvalue weighted by molar-refractivity contribution is 5.79. The van der Waals surface area contributed by atoms with Crippen molar-refractivity contribution in [3.05, 3.63) is 17.6 Å². The lowest BCUT2D eigenvalue weighted by molar-refractivity contribution is -0.137. The van der Waals surface area contributed by atoms with Crippen LogP contribution in [-0.2, 0) is 4.79 Å². The monoisotopic (exact) mass is 331 g/mol. The van der Waals surface area contributed by atoms with Crippen LogP contribution >= 0.6 is 0 Å². The number of carbonyl (C=O) groups excluding carboxylic acids is 1. The van der Waals surface area contributed by atoms with Crippen LogP contribution in [0.1, 0.15) is 37.1 Å². The van der Waals surface area contributed by atoms with Gasteiger partial charge in [0.2, 0.25) is 5.91 Å². The lowest BCUT2D eigenvalue weighted by Gasteiger charge is -2.36. The Morgan fingerprint density at radius 2 is 1.92 bits per heavy atom. The molecular weight excluding hydrogens is 302 g/mol. The maximum atomic E-state index is 12.5. The summed E-state index contributed by atoms with van der Waals surface area (Å²) < 4.78 is 0. The number of carbonyl (C=O) groups is 1. The van der Waals surface area contributed by atoms with Gasteiger partial charge in [0.1, 0.15) is 5.82 Å². The van der Waals surface area contributed by atoms with Gasteiger partial charge in [-0.3, -0.25) is 14.7 Å². The summed E-state index contributed by atoms with van der Waals surface area (Å²) in [6, 6.07) is 0. The van der Waals surface area contributed by atoms with Crippen molar-refractivity contribution in [1.29, 1.82) is 0 Å². The number of aromatic nitrogens is 2. The summed E-state index contributed by atoms with van der Waals surface area (Å²) in [7, 11) is 0. The Morgan fingerprint density at radius 1 is 1.21 bits per heavy atom. The molecule has 2 fully saturated rings. The van der Waals surface area contributed by atoms with Gasteiger partial charge >= 0.3 is 0 Å². The van der Waals surface area contributed by atoms with Crippen LogP contribution in [0.2, 0.25) is 0 Å². The molecule has 24 heavy (non-hydrogen) atoms. The van der Waals surface area contributed by atoms with Gasteiger partial charge in [-0.15, -0.1) is 0 Å². The van der Waals surface area contributed by atoms with E-state index in [0.717, 1.165) is 69.3 Å². The number of anilines is 1. The zero-order valence-electron chi connectivity index (χ0n) is 14.9. The fourth-order valence-electron chi connectivity index (χ4n) is 3.66. The Morgan fingerprint density at radius 3 is 2.62 bits per heavy atom. The molecular formula is C18H29N5O. The average molecular weight is 331 g/mol. The van der Waals surface area contributed by atoms with E-state index in [0.29, 0.717) is 11.8 Å². The fourth-order valence-corrected chi connectivity index (χ4v) is 3.66. The van der Waals surface area contributed by atoms with E-state index in [2.05, 4.69) is 25.1 Å². The molecule has 6 nitrogen and oxygen atoms in total. The molecule has 132 valence electrons. The summed E-state index contributed by atoms with van der Waals surface area (Å²) in [6.07, 6.45) is 6.44. The second kappa shape index (κ2) is 7.92. The van der Waals surface area contributed by atoms with Crippen molar-refractivity contribution >= 4 is 11.7 Å². The minimum absolute atomic E-state index is 0.307. The molecule has 0 aromatic carbocycles. The Balaban J connectivity index is 1.39. The van der Waals surface area contributed by atoms with Crippen molar-refractivity contribution in [2.75, 3.05) is 44.6 Å². The highest BCUT2D eigenvalue weighted by Crippen LogP contribution is 2.26. The molecule has 1 amide bonds. The van der Waals surface area contributed by atoms with Crippen LogP contribution in [0, 0.1) is 19.8 Å². The number of hydrogen-bond acceptors (Lipinski definition) is 5. The van der Waals surface area contributed by atoms with Crippen molar-refractivity contribution in [2.24, 2.45) is 5.92 Å². The molecule has 1 aromatic rings. The Hall–Kier alpha value is -1.69. The second-order valence-electron chi connectivity index (χ2n) is 7.02. The van der Waals surface area contributed by atoms with Gasteiger partial charge in [0.25, 0.3) is 0 Å². The van der Waals surface area contributed by atoms with Gasteiger partial charge < -0.3 is 10.2 Å². The smallest absolute Gasteiger partial charge is 0.225 e. The van der Waals surface area contributed by atoms with E-state index >= 15 is 0 Å². The highest BCUT2D eigenvalue weighted by Gasteiger charge is 2.29. The SMILES string of the molecule is Cc1cnc(C)c(NCCN2CCN(C(=O)C3CCCC3)CC2)n1. The van der Waals surface area contributed by atoms with Crippen molar-refractivity contribution in [2.45, 2.75) is 39.5 Å². The number of aryl methyl sites for hydroxylation is 2. The molecule has 1 aliphatic carbocycles. The van der Waals surface area contributed by atoms with Gasteiger partial charge in [0.05, 0.1) is 11.4 Å². The lowest BCUT2D eigenvalue weighted by Crippen LogP contribution is -2.50. The molecule has 0 atom stereocenters. The maximum Gasteiger partial charge on any atom is 0.225 e. The Kier molecular flexibility index (Phi) is 5.66. The molecule has 1 aliphatic heterocycles. The molecule has 0 radical (unpaired) electrons. The first-order chi connectivity index (χ1) is 11.6. The summed E-state index contributed by atoms with van der Waals surface area (Å²) in [5.41, 5.74) is 1.87. The first kappa shape index (κ1) is 17.1. The summed E-state index contributed by atoms with van der Waals surface area (Å²) in [6.45, 7) is 9.45. The summed E-state index contributed by atoms with van der Waals surface area (Å²) in [4.78, 5) is 25.8. The van der Waals surface area contributed by atoms with Crippen LogP contribution < -0.4 is 5.32 Å². The van der Waals surface area contributed by atoms with Crippen LogP contribution in [0.25, 0.3) is 0 Å². The van der Waals surface area contributed by atoms with Gasteiger partial charge in [-0.2, -0.15) is 0 Å². The summed E-state index contributed by atoms with van der Waals surface area (Å²) in [5, 5.41) is 3.38. The van der Waals surface area contributed by atoms with E-state index in [1.54, 1.807) is 6.20 Å². The Labute approximate surface area is 144 Å². The summed E-state index contributed by atoms with van der Waals surface area (Å²) in [5.74, 6) is 1.59. The standard InChI is InChI=1S/C18H29N5O/c1-14-13-20-15(2)17(21-14)19-7-8-22-9-11-23(12-10-22)18(24)16-5-3-4-6-16/h13,16H,3-12H2,1-2H3,(H,19,21). The van der Waals surface area contributed by atoms with Crippen LogP contribution in [0.3, 0.4) is 0 Å². The minimum Gasteiger partial charge on any atom is -0.367 e. The largest absolute Gasteiger partial charge is 0.367 e. The van der Waals surface area contributed by atoms with E-state index in [9.17, 15) is 4.79 Å². The fraction of sp³-hybridized carbons (Fsp3) is 0.722. The van der Waals surface area contributed by atoms with Crippen molar-refractivity contribution < 1.29 is 4.79 Å². The first-order valence-corrected chi connectivity index (χ1v) is 9.19. The quantitative estimate of drug-likeness (QED) is 0.892. The predicted molar refractivity (Wildman–Crippen MR) is 95.0 cm³/mol.